The highest BCUT2D eigenvalue weighted by atomic mass is 16.4. The molecule has 0 aromatic heterocycles. The quantitative estimate of drug-likeness (QED) is 0.243. The summed E-state index contributed by atoms with van der Waals surface area (Å²) < 4.78 is 5.24. The Balaban J connectivity index is 2.72. The third-order valence-electron chi connectivity index (χ3n) is 1.28. The predicted molar refractivity (Wildman–Crippen MR) is 46.2 cm³/mol. The van der Waals surface area contributed by atoms with Gasteiger partial charge in [0.2, 0.25) is 5.78 Å². The summed E-state index contributed by atoms with van der Waals surface area (Å²) in [5.41, 5.74) is 0.661. The van der Waals surface area contributed by atoms with Crippen molar-refractivity contribution in [2.75, 3.05) is 6.61 Å². The Hall–Kier alpha value is -1.37. The minimum Gasteiger partial charge on any atom is -0.310 e. The largest absolute Gasteiger partial charge is 0.310 e. The van der Waals surface area contributed by atoms with E-state index in [0.717, 1.165) is 0 Å². The lowest BCUT2D eigenvalue weighted by Crippen LogP contribution is -2.02. The van der Waals surface area contributed by atoms with Gasteiger partial charge in [-0.25, -0.2) is 6.58 Å². The SMILES string of the molecule is [CH-]=C1C=CC=CC1=[O+]CC=C. The van der Waals surface area contributed by atoms with Crippen molar-refractivity contribution >= 4 is 5.78 Å². The summed E-state index contributed by atoms with van der Waals surface area (Å²) >= 11 is 0. The zero-order valence-corrected chi connectivity index (χ0v) is 6.29. The molecule has 0 bridgehead atoms. The molecule has 0 aliphatic heterocycles. The first-order valence-corrected chi connectivity index (χ1v) is 3.43. The van der Waals surface area contributed by atoms with E-state index in [4.69, 9.17) is 11.0 Å². The van der Waals surface area contributed by atoms with Gasteiger partial charge in [-0.2, -0.15) is 6.08 Å². The van der Waals surface area contributed by atoms with Crippen LogP contribution in [0.2, 0.25) is 0 Å². The molecule has 1 nitrogen and oxygen atoms in total. The number of hydrogen-bond acceptors (Lipinski definition) is 0. The Morgan fingerprint density at radius 3 is 2.82 bits per heavy atom. The van der Waals surface area contributed by atoms with Crippen LogP contribution in [-0.2, 0) is 4.42 Å². The van der Waals surface area contributed by atoms with Crippen molar-refractivity contribution in [2.24, 2.45) is 0 Å². The van der Waals surface area contributed by atoms with Gasteiger partial charge in [0.25, 0.3) is 6.61 Å². The molecule has 1 rings (SSSR count). The zero-order valence-electron chi connectivity index (χ0n) is 6.29. The van der Waals surface area contributed by atoms with Crippen LogP contribution in [-0.4, -0.2) is 12.4 Å². The molecular formula is C10H10O. The van der Waals surface area contributed by atoms with Crippen LogP contribution in [0.3, 0.4) is 0 Å². The van der Waals surface area contributed by atoms with Crippen molar-refractivity contribution in [3.8, 4) is 0 Å². The van der Waals surface area contributed by atoms with Gasteiger partial charge < -0.3 is 4.42 Å². The molecule has 0 amide bonds. The summed E-state index contributed by atoms with van der Waals surface area (Å²) in [5.74, 6) is 0.715. The molecular weight excluding hydrogens is 136 g/mol. The molecule has 0 aromatic rings. The molecule has 1 aliphatic rings. The topological polar surface area (TPSA) is 11.3 Å². The number of rotatable bonds is 2. The van der Waals surface area contributed by atoms with Crippen molar-refractivity contribution in [1.29, 1.82) is 0 Å². The molecule has 0 unspecified atom stereocenters. The number of allylic oxidation sites excluding steroid dienone is 5. The van der Waals surface area contributed by atoms with Gasteiger partial charge in [0.1, 0.15) is 0 Å². The van der Waals surface area contributed by atoms with Gasteiger partial charge in [0.05, 0.1) is 0 Å². The van der Waals surface area contributed by atoms with Gasteiger partial charge >= 0.3 is 0 Å². The van der Waals surface area contributed by atoms with Gasteiger partial charge in [0.15, 0.2) is 0 Å². The minimum absolute atomic E-state index is 0.494. The van der Waals surface area contributed by atoms with Crippen LogP contribution in [0, 0.1) is 6.58 Å². The lowest BCUT2D eigenvalue weighted by atomic mass is 10.1. The average Bonchev–Trinajstić information content (AvgIpc) is 2.03. The summed E-state index contributed by atoms with van der Waals surface area (Å²) in [6.45, 7) is 9.64. The van der Waals surface area contributed by atoms with E-state index in [9.17, 15) is 0 Å². The highest BCUT2D eigenvalue weighted by Crippen LogP contribution is 2.03. The van der Waals surface area contributed by atoms with E-state index in [1.54, 1.807) is 12.2 Å². The third-order valence-corrected chi connectivity index (χ3v) is 1.28. The normalized spacial score (nSPS) is 19.3. The van der Waals surface area contributed by atoms with Crippen LogP contribution in [0.1, 0.15) is 0 Å². The fourth-order valence-electron chi connectivity index (χ4n) is 0.761. The molecule has 0 radical (unpaired) electrons. The molecule has 0 aromatic carbocycles. The molecule has 1 heteroatoms. The summed E-state index contributed by atoms with van der Waals surface area (Å²) in [7, 11) is 0. The van der Waals surface area contributed by atoms with Crippen LogP contribution in [0.4, 0.5) is 0 Å². The van der Waals surface area contributed by atoms with Gasteiger partial charge in [-0.05, 0) is 6.08 Å². The van der Waals surface area contributed by atoms with Crippen molar-refractivity contribution in [1.82, 2.24) is 0 Å². The molecule has 0 spiro atoms. The number of hydrogen-bond donors (Lipinski definition) is 0. The van der Waals surface area contributed by atoms with Crippen molar-refractivity contribution in [2.45, 2.75) is 0 Å². The molecule has 0 saturated heterocycles. The lowest BCUT2D eigenvalue weighted by Gasteiger charge is -2.02. The zero-order chi connectivity index (χ0) is 8.10. The Bertz CT molecular complexity index is 254. The Kier molecular flexibility index (Phi) is 2.61. The standard InChI is InChI=1S/C10H10O/c1-3-8-11-10-7-5-4-6-9(10)2/h2-7H,1,8H2. The Morgan fingerprint density at radius 1 is 1.45 bits per heavy atom. The van der Waals surface area contributed by atoms with Crippen molar-refractivity contribution in [3.05, 3.63) is 49.1 Å². The maximum atomic E-state index is 5.60. The highest BCUT2D eigenvalue weighted by Gasteiger charge is 2.01. The van der Waals surface area contributed by atoms with E-state index < -0.39 is 0 Å². The van der Waals surface area contributed by atoms with Crippen LogP contribution < -0.4 is 0 Å². The second-order valence-electron chi connectivity index (χ2n) is 2.14. The average molecular weight is 146 g/mol. The molecule has 0 atom stereocenters. The second kappa shape index (κ2) is 3.71. The minimum atomic E-state index is 0.494. The Labute approximate surface area is 66.7 Å². The first-order valence-electron chi connectivity index (χ1n) is 3.43. The number of ketones is 1. The molecule has 0 N–H and O–H groups in total. The van der Waals surface area contributed by atoms with Gasteiger partial charge in [-0.3, -0.25) is 0 Å². The summed E-state index contributed by atoms with van der Waals surface area (Å²) in [5, 5.41) is 0. The second-order valence-corrected chi connectivity index (χ2v) is 2.14. The lowest BCUT2D eigenvalue weighted by molar-refractivity contribution is -0.442. The van der Waals surface area contributed by atoms with E-state index in [1.165, 1.54) is 0 Å². The van der Waals surface area contributed by atoms with E-state index in [-0.39, 0.29) is 0 Å². The maximum Gasteiger partial charge on any atom is 0.266 e. The van der Waals surface area contributed by atoms with Crippen LogP contribution in [0.25, 0.3) is 0 Å². The Morgan fingerprint density at radius 2 is 2.18 bits per heavy atom. The molecule has 0 fully saturated rings. The van der Waals surface area contributed by atoms with E-state index in [0.29, 0.717) is 18.0 Å². The van der Waals surface area contributed by atoms with Crippen LogP contribution >= 0.6 is 0 Å². The monoisotopic (exact) mass is 146 g/mol. The van der Waals surface area contributed by atoms with E-state index >= 15 is 0 Å². The fourth-order valence-corrected chi connectivity index (χ4v) is 0.761. The molecule has 0 saturated carbocycles. The first kappa shape index (κ1) is 7.73. The van der Waals surface area contributed by atoms with E-state index in [1.807, 2.05) is 18.2 Å². The summed E-state index contributed by atoms with van der Waals surface area (Å²) in [4.78, 5) is 0. The summed E-state index contributed by atoms with van der Waals surface area (Å²) in [6.07, 6.45) is 9.08. The molecule has 56 valence electrons. The van der Waals surface area contributed by atoms with Crippen LogP contribution in [0.15, 0.2) is 42.5 Å². The fraction of sp³-hybridized carbons (Fsp3) is 0.100. The highest BCUT2D eigenvalue weighted by molar-refractivity contribution is 6.06. The smallest absolute Gasteiger partial charge is 0.266 e. The third kappa shape index (κ3) is 2.04. The van der Waals surface area contributed by atoms with E-state index in [2.05, 4.69) is 6.58 Å². The molecule has 0 heterocycles. The van der Waals surface area contributed by atoms with Crippen molar-refractivity contribution in [3.63, 3.8) is 0 Å². The summed E-state index contributed by atoms with van der Waals surface area (Å²) in [6, 6.07) is 0. The molecule has 11 heavy (non-hydrogen) atoms. The predicted octanol–water partition coefficient (Wildman–Crippen LogP) is 1.76. The molecule has 1 aliphatic carbocycles. The maximum absolute atomic E-state index is 5.60. The first-order chi connectivity index (χ1) is 5.34. The van der Waals surface area contributed by atoms with Gasteiger partial charge in [-0.15, -0.1) is 6.08 Å². The van der Waals surface area contributed by atoms with Gasteiger partial charge in [-0.1, -0.05) is 18.2 Å². The van der Waals surface area contributed by atoms with Crippen molar-refractivity contribution < 1.29 is 4.42 Å². The van der Waals surface area contributed by atoms with Gasteiger partial charge in [0, 0.05) is 6.08 Å². The number of carbonyl (C=O) groups excluding carboxylic acids is 1. The van der Waals surface area contributed by atoms with Crippen LogP contribution in [0.5, 0.6) is 0 Å².